The normalized spacial score (nSPS) is 20.4. The standard InChI is InChI=1S/C17H27N/c1-3-18-14(2)8-6-10-16-12-7-11-15-9-4-5-13-17(15)16/h4-5,9,13-14,16,18H,3,6-8,10-12H2,1-2H3. The van der Waals surface area contributed by atoms with Gasteiger partial charge in [-0.25, -0.2) is 0 Å². The maximum Gasteiger partial charge on any atom is 0.00386 e. The Balaban J connectivity index is 1.84. The molecule has 1 N–H and O–H groups in total. The highest BCUT2D eigenvalue weighted by molar-refractivity contribution is 5.32. The molecule has 1 aliphatic rings. The van der Waals surface area contributed by atoms with Crippen molar-refractivity contribution in [2.24, 2.45) is 0 Å². The topological polar surface area (TPSA) is 12.0 Å². The van der Waals surface area contributed by atoms with E-state index in [0.717, 1.165) is 12.5 Å². The first-order valence-corrected chi connectivity index (χ1v) is 7.62. The molecule has 0 saturated heterocycles. The molecule has 0 aromatic heterocycles. The fourth-order valence-electron chi connectivity index (χ4n) is 3.28. The third-order valence-corrected chi connectivity index (χ3v) is 4.24. The molecule has 18 heavy (non-hydrogen) atoms. The average molecular weight is 245 g/mol. The van der Waals surface area contributed by atoms with Crippen molar-refractivity contribution in [2.75, 3.05) is 6.54 Å². The van der Waals surface area contributed by atoms with Gasteiger partial charge in [0.25, 0.3) is 0 Å². The lowest BCUT2D eigenvalue weighted by Crippen LogP contribution is -2.25. The zero-order valence-electron chi connectivity index (χ0n) is 11.9. The van der Waals surface area contributed by atoms with Gasteiger partial charge in [-0.05, 0) is 62.6 Å². The minimum Gasteiger partial charge on any atom is -0.315 e. The minimum atomic E-state index is 0.675. The molecular formula is C17H27N. The van der Waals surface area contributed by atoms with E-state index in [2.05, 4.69) is 43.4 Å². The van der Waals surface area contributed by atoms with E-state index >= 15 is 0 Å². The molecule has 1 aromatic carbocycles. The molecule has 1 aromatic rings. The molecule has 0 bridgehead atoms. The molecule has 0 amide bonds. The molecule has 0 radical (unpaired) electrons. The van der Waals surface area contributed by atoms with E-state index in [9.17, 15) is 0 Å². The summed E-state index contributed by atoms with van der Waals surface area (Å²) in [4.78, 5) is 0. The van der Waals surface area contributed by atoms with Crippen LogP contribution in [-0.2, 0) is 6.42 Å². The van der Waals surface area contributed by atoms with Crippen molar-refractivity contribution in [3.05, 3.63) is 35.4 Å². The summed E-state index contributed by atoms with van der Waals surface area (Å²) in [5.41, 5.74) is 3.24. The second-order valence-electron chi connectivity index (χ2n) is 5.68. The van der Waals surface area contributed by atoms with Gasteiger partial charge in [-0.15, -0.1) is 0 Å². The van der Waals surface area contributed by atoms with Gasteiger partial charge in [0.2, 0.25) is 0 Å². The average Bonchev–Trinajstić information content (AvgIpc) is 2.39. The van der Waals surface area contributed by atoms with Crippen molar-refractivity contribution in [2.45, 2.75) is 64.3 Å². The second kappa shape index (κ2) is 6.94. The fraction of sp³-hybridized carbons (Fsp3) is 0.647. The van der Waals surface area contributed by atoms with Crippen molar-refractivity contribution < 1.29 is 0 Å². The van der Waals surface area contributed by atoms with Crippen molar-refractivity contribution >= 4 is 0 Å². The van der Waals surface area contributed by atoms with Gasteiger partial charge in [0, 0.05) is 6.04 Å². The first-order valence-electron chi connectivity index (χ1n) is 7.62. The van der Waals surface area contributed by atoms with Crippen LogP contribution in [0.3, 0.4) is 0 Å². The molecule has 1 aliphatic carbocycles. The monoisotopic (exact) mass is 245 g/mol. The van der Waals surface area contributed by atoms with Gasteiger partial charge >= 0.3 is 0 Å². The summed E-state index contributed by atoms with van der Waals surface area (Å²) >= 11 is 0. The molecule has 100 valence electrons. The molecule has 2 atom stereocenters. The second-order valence-corrected chi connectivity index (χ2v) is 5.68. The van der Waals surface area contributed by atoms with Crippen LogP contribution in [0, 0.1) is 0 Å². The van der Waals surface area contributed by atoms with Crippen LogP contribution >= 0.6 is 0 Å². The van der Waals surface area contributed by atoms with E-state index in [-0.39, 0.29) is 0 Å². The molecule has 0 spiro atoms. The van der Waals surface area contributed by atoms with Crippen LogP contribution in [-0.4, -0.2) is 12.6 Å². The van der Waals surface area contributed by atoms with Crippen molar-refractivity contribution in [3.63, 3.8) is 0 Å². The Morgan fingerprint density at radius 1 is 1.33 bits per heavy atom. The fourth-order valence-corrected chi connectivity index (χ4v) is 3.28. The van der Waals surface area contributed by atoms with Crippen molar-refractivity contribution in [1.29, 1.82) is 0 Å². The Bertz CT molecular complexity index is 358. The Morgan fingerprint density at radius 2 is 2.17 bits per heavy atom. The molecule has 0 aliphatic heterocycles. The minimum absolute atomic E-state index is 0.675. The Hall–Kier alpha value is -0.820. The van der Waals surface area contributed by atoms with Gasteiger partial charge in [-0.2, -0.15) is 0 Å². The third-order valence-electron chi connectivity index (χ3n) is 4.24. The lowest BCUT2D eigenvalue weighted by molar-refractivity contribution is 0.453. The van der Waals surface area contributed by atoms with E-state index in [1.807, 2.05) is 0 Å². The van der Waals surface area contributed by atoms with Gasteiger partial charge in [0.1, 0.15) is 0 Å². The quantitative estimate of drug-likeness (QED) is 0.789. The molecule has 2 rings (SSSR count). The predicted octanol–water partition coefficient (Wildman–Crippen LogP) is 4.27. The van der Waals surface area contributed by atoms with Crippen LogP contribution in [0.2, 0.25) is 0 Å². The van der Waals surface area contributed by atoms with Crippen LogP contribution in [0.1, 0.15) is 63.0 Å². The number of aryl methyl sites for hydroxylation is 1. The molecule has 0 saturated carbocycles. The highest BCUT2D eigenvalue weighted by atomic mass is 14.9. The summed E-state index contributed by atoms with van der Waals surface area (Å²) in [6, 6.07) is 9.75. The number of rotatable bonds is 6. The van der Waals surface area contributed by atoms with Crippen LogP contribution in [0.25, 0.3) is 0 Å². The summed E-state index contributed by atoms with van der Waals surface area (Å²) < 4.78 is 0. The number of hydrogen-bond acceptors (Lipinski definition) is 1. The summed E-state index contributed by atoms with van der Waals surface area (Å²) in [5.74, 6) is 0.823. The zero-order chi connectivity index (χ0) is 12.8. The van der Waals surface area contributed by atoms with Crippen LogP contribution in [0.15, 0.2) is 24.3 Å². The Kier molecular flexibility index (Phi) is 5.25. The van der Waals surface area contributed by atoms with Crippen LogP contribution in [0.4, 0.5) is 0 Å². The van der Waals surface area contributed by atoms with E-state index < -0.39 is 0 Å². The maximum absolute atomic E-state index is 3.50. The Morgan fingerprint density at radius 3 is 3.00 bits per heavy atom. The number of benzene rings is 1. The van der Waals surface area contributed by atoms with Crippen molar-refractivity contribution in [1.82, 2.24) is 5.32 Å². The molecular weight excluding hydrogens is 218 g/mol. The highest BCUT2D eigenvalue weighted by Crippen LogP contribution is 2.34. The molecule has 1 heteroatoms. The number of fused-ring (bicyclic) bond motifs is 1. The Labute approximate surface area is 112 Å². The summed E-state index contributed by atoms with van der Waals surface area (Å²) in [5, 5.41) is 3.50. The van der Waals surface area contributed by atoms with Gasteiger partial charge in [0.05, 0.1) is 0 Å². The molecule has 1 nitrogen and oxygen atoms in total. The van der Waals surface area contributed by atoms with E-state index in [4.69, 9.17) is 0 Å². The van der Waals surface area contributed by atoms with Gasteiger partial charge < -0.3 is 5.32 Å². The smallest absolute Gasteiger partial charge is 0.00386 e. The first kappa shape index (κ1) is 13.6. The molecule has 2 unspecified atom stereocenters. The highest BCUT2D eigenvalue weighted by Gasteiger charge is 2.19. The van der Waals surface area contributed by atoms with Gasteiger partial charge in [-0.1, -0.05) is 37.6 Å². The SMILES string of the molecule is CCNC(C)CCCC1CCCc2ccccc21. The summed E-state index contributed by atoms with van der Waals surface area (Å²) in [6.07, 6.45) is 8.10. The lowest BCUT2D eigenvalue weighted by Gasteiger charge is -2.26. The van der Waals surface area contributed by atoms with Crippen LogP contribution < -0.4 is 5.32 Å². The zero-order valence-corrected chi connectivity index (χ0v) is 11.9. The first-order chi connectivity index (χ1) is 8.81. The molecule has 0 fully saturated rings. The van der Waals surface area contributed by atoms with Crippen LogP contribution in [0.5, 0.6) is 0 Å². The largest absolute Gasteiger partial charge is 0.315 e. The summed E-state index contributed by atoms with van der Waals surface area (Å²) in [7, 11) is 0. The van der Waals surface area contributed by atoms with Gasteiger partial charge in [-0.3, -0.25) is 0 Å². The third kappa shape index (κ3) is 3.58. The van der Waals surface area contributed by atoms with Crippen molar-refractivity contribution in [3.8, 4) is 0 Å². The molecule has 0 heterocycles. The van der Waals surface area contributed by atoms with E-state index in [1.54, 1.807) is 11.1 Å². The van der Waals surface area contributed by atoms with E-state index in [1.165, 1.54) is 38.5 Å². The lowest BCUT2D eigenvalue weighted by atomic mass is 9.80. The maximum atomic E-state index is 3.50. The number of nitrogens with one attached hydrogen (secondary N) is 1. The predicted molar refractivity (Wildman–Crippen MR) is 79.1 cm³/mol. The summed E-state index contributed by atoms with van der Waals surface area (Å²) in [6.45, 7) is 5.58. The van der Waals surface area contributed by atoms with E-state index in [0.29, 0.717) is 6.04 Å². The number of hydrogen-bond donors (Lipinski definition) is 1. The van der Waals surface area contributed by atoms with Gasteiger partial charge in [0.15, 0.2) is 0 Å².